The van der Waals surface area contributed by atoms with E-state index in [4.69, 9.17) is 0 Å². The first-order valence-electron chi connectivity index (χ1n) is 11.5. The third-order valence-electron chi connectivity index (χ3n) is 8.06. The molecule has 2 unspecified atom stereocenters. The SMILES string of the molecule is O=C(c1ccc2ccccc2c1)N1CC2C(C1)[C@@H]1CN(C(=O)c3ccc4n[nH]nc4c3)C[C@H]21. The van der Waals surface area contributed by atoms with Gasteiger partial charge in [0.15, 0.2) is 0 Å². The molecule has 1 aromatic heterocycles. The van der Waals surface area contributed by atoms with Gasteiger partial charge in [0, 0.05) is 37.3 Å². The van der Waals surface area contributed by atoms with Crippen molar-refractivity contribution in [3.63, 3.8) is 0 Å². The Balaban J connectivity index is 1.04. The highest BCUT2D eigenvalue weighted by atomic mass is 16.2. The highest BCUT2D eigenvalue weighted by Crippen LogP contribution is 2.54. The van der Waals surface area contributed by atoms with Gasteiger partial charge in [-0.2, -0.15) is 15.4 Å². The first kappa shape index (κ1) is 18.8. The summed E-state index contributed by atoms with van der Waals surface area (Å²) in [6, 6.07) is 19.6. The average Bonchev–Trinajstić information content (AvgIpc) is 3.56. The second-order valence-electron chi connectivity index (χ2n) is 9.66. The van der Waals surface area contributed by atoms with Gasteiger partial charge in [0.05, 0.1) is 0 Å². The molecule has 3 aromatic carbocycles. The number of H-pyrrole nitrogens is 1. The van der Waals surface area contributed by atoms with Gasteiger partial charge in [0.2, 0.25) is 0 Å². The molecule has 7 heteroatoms. The summed E-state index contributed by atoms with van der Waals surface area (Å²) < 4.78 is 0. The van der Waals surface area contributed by atoms with Crippen molar-refractivity contribution in [3.05, 3.63) is 71.8 Å². The van der Waals surface area contributed by atoms with Crippen molar-refractivity contribution in [3.8, 4) is 0 Å². The number of hydrogen-bond acceptors (Lipinski definition) is 4. The Bertz CT molecular complexity index is 1410. The molecule has 3 fully saturated rings. The maximum atomic E-state index is 13.2. The Labute approximate surface area is 190 Å². The fourth-order valence-corrected chi connectivity index (χ4v) is 6.37. The van der Waals surface area contributed by atoms with Gasteiger partial charge in [-0.05, 0) is 64.8 Å². The zero-order valence-electron chi connectivity index (χ0n) is 18.0. The summed E-state index contributed by atoms with van der Waals surface area (Å²) in [6.07, 6.45) is 0. The Morgan fingerprint density at radius 3 is 1.88 bits per heavy atom. The van der Waals surface area contributed by atoms with Gasteiger partial charge in [-0.1, -0.05) is 30.3 Å². The van der Waals surface area contributed by atoms with Crippen molar-refractivity contribution >= 4 is 33.6 Å². The molecule has 2 amide bonds. The van der Waals surface area contributed by atoms with E-state index in [1.807, 2.05) is 58.3 Å². The van der Waals surface area contributed by atoms with Crippen LogP contribution in [0.2, 0.25) is 0 Å². The molecule has 0 spiro atoms. The Kier molecular flexibility index (Phi) is 3.92. The molecule has 1 aliphatic carbocycles. The summed E-state index contributed by atoms with van der Waals surface area (Å²) in [5.74, 6) is 2.16. The number of fused-ring (bicyclic) bond motifs is 6. The molecule has 7 nitrogen and oxygen atoms in total. The highest BCUT2D eigenvalue weighted by molar-refractivity contribution is 5.99. The van der Waals surface area contributed by atoms with Crippen LogP contribution in [0.4, 0.5) is 0 Å². The van der Waals surface area contributed by atoms with E-state index in [0.29, 0.717) is 34.8 Å². The largest absolute Gasteiger partial charge is 0.338 e. The topological polar surface area (TPSA) is 82.2 Å². The van der Waals surface area contributed by atoms with E-state index in [2.05, 4.69) is 27.5 Å². The summed E-state index contributed by atoms with van der Waals surface area (Å²) in [5, 5.41) is 13.0. The molecule has 1 N–H and O–H groups in total. The van der Waals surface area contributed by atoms with Crippen molar-refractivity contribution in [2.24, 2.45) is 23.7 Å². The van der Waals surface area contributed by atoms with Crippen LogP contribution in [-0.2, 0) is 0 Å². The molecule has 3 heterocycles. The molecule has 1 saturated carbocycles. The van der Waals surface area contributed by atoms with Gasteiger partial charge in [0.25, 0.3) is 11.8 Å². The molecule has 3 aliphatic rings. The number of rotatable bonds is 2. The normalized spacial score (nSPS) is 25.8. The molecule has 7 rings (SSSR count). The van der Waals surface area contributed by atoms with E-state index in [1.165, 1.54) is 0 Å². The number of carbonyl (C=O) groups is 2. The molecule has 0 bridgehead atoms. The highest BCUT2D eigenvalue weighted by Gasteiger charge is 2.59. The summed E-state index contributed by atoms with van der Waals surface area (Å²) in [5.41, 5.74) is 2.90. The maximum Gasteiger partial charge on any atom is 0.253 e. The van der Waals surface area contributed by atoms with Crippen molar-refractivity contribution in [1.82, 2.24) is 25.2 Å². The van der Waals surface area contributed by atoms with Crippen LogP contribution in [0.25, 0.3) is 21.8 Å². The van der Waals surface area contributed by atoms with Crippen molar-refractivity contribution in [1.29, 1.82) is 0 Å². The molecular weight excluding hydrogens is 414 g/mol. The minimum Gasteiger partial charge on any atom is -0.338 e. The van der Waals surface area contributed by atoms with Crippen LogP contribution in [0, 0.1) is 23.7 Å². The van der Waals surface area contributed by atoms with E-state index in [9.17, 15) is 9.59 Å². The monoisotopic (exact) mass is 437 g/mol. The first-order chi connectivity index (χ1) is 16.2. The van der Waals surface area contributed by atoms with Gasteiger partial charge in [-0.3, -0.25) is 9.59 Å². The number of benzene rings is 3. The molecule has 2 saturated heterocycles. The Morgan fingerprint density at radius 1 is 0.667 bits per heavy atom. The standard InChI is InChI=1S/C26H23N5O2/c32-25(17-6-5-15-3-1-2-4-16(15)9-17)30-11-19-20(12-30)22-14-31(13-21(19)22)26(33)18-7-8-23-24(10-18)28-29-27-23/h1-10,19-22H,11-14H2,(H,27,28,29)/t19?,20?,21-,22+. The molecular formula is C26H23N5O2. The lowest BCUT2D eigenvalue weighted by Crippen LogP contribution is -2.44. The smallest absolute Gasteiger partial charge is 0.253 e. The van der Waals surface area contributed by atoms with Gasteiger partial charge in [-0.15, -0.1) is 0 Å². The summed E-state index contributed by atoms with van der Waals surface area (Å²) in [4.78, 5) is 30.4. The molecule has 0 radical (unpaired) electrons. The summed E-state index contributed by atoms with van der Waals surface area (Å²) in [6.45, 7) is 3.15. The van der Waals surface area contributed by atoms with Crippen molar-refractivity contribution in [2.45, 2.75) is 0 Å². The zero-order chi connectivity index (χ0) is 22.1. The van der Waals surface area contributed by atoms with E-state index >= 15 is 0 Å². The minimum atomic E-state index is 0.0662. The number of aromatic nitrogens is 3. The Morgan fingerprint density at radius 2 is 1.21 bits per heavy atom. The van der Waals surface area contributed by atoms with Crippen LogP contribution in [-0.4, -0.2) is 63.2 Å². The zero-order valence-corrected chi connectivity index (χ0v) is 18.0. The maximum absolute atomic E-state index is 13.2. The van der Waals surface area contributed by atoms with Crippen LogP contribution in [0.3, 0.4) is 0 Å². The number of carbonyl (C=O) groups excluding carboxylic acids is 2. The van der Waals surface area contributed by atoms with Gasteiger partial charge >= 0.3 is 0 Å². The number of aromatic amines is 1. The van der Waals surface area contributed by atoms with Crippen LogP contribution >= 0.6 is 0 Å². The lowest BCUT2D eigenvalue weighted by Gasteiger charge is -2.42. The lowest BCUT2D eigenvalue weighted by molar-refractivity contribution is 0.0629. The third-order valence-corrected chi connectivity index (χ3v) is 8.06. The predicted molar refractivity (Wildman–Crippen MR) is 124 cm³/mol. The number of nitrogens with zero attached hydrogens (tertiary/aromatic N) is 4. The van der Waals surface area contributed by atoms with Crippen molar-refractivity contribution < 1.29 is 9.59 Å². The second kappa shape index (κ2) is 6.88. The van der Waals surface area contributed by atoms with Crippen molar-refractivity contribution in [2.75, 3.05) is 26.2 Å². The van der Waals surface area contributed by atoms with E-state index in [0.717, 1.165) is 48.0 Å². The molecule has 2 aliphatic heterocycles. The lowest BCUT2D eigenvalue weighted by atomic mass is 9.60. The molecule has 4 atom stereocenters. The number of likely N-dealkylation sites (tertiary alicyclic amines) is 2. The first-order valence-corrected chi connectivity index (χ1v) is 11.5. The van der Waals surface area contributed by atoms with Crippen LogP contribution in [0.15, 0.2) is 60.7 Å². The fourth-order valence-electron chi connectivity index (χ4n) is 6.37. The predicted octanol–water partition coefficient (Wildman–Crippen LogP) is 3.20. The van der Waals surface area contributed by atoms with Crippen LogP contribution in [0.5, 0.6) is 0 Å². The van der Waals surface area contributed by atoms with Crippen LogP contribution < -0.4 is 0 Å². The van der Waals surface area contributed by atoms with Gasteiger partial charge in [0.1, 0.15) is 11.0 Å². The number of hydrogen-bond donors (Lipinski definition) is 1. The average molecular weight is 438 g/mol. The molecule has 164 valence electrons. The van der Waals surface area contributed by atoms with Gasteiger partial charge in [-0.25, -0.2) is 0 Å². The molecule has 4 aromatic rings. The van der Waals surface area contributed by atoms with E-state index in [-0.39, 0.29) is 11.8 Å². The number of nitrogens with one attached hydrogen (secondary N) is 1. The quantitative estimate of drug-likeness (QED) is 0.522. The summed E-state index contributed by atoms with van der Waals surface area (Å²) >= 11 is 0. The molecule has 33 heavy (non-hydrogen) atoms. The van der Waals surface area contributed by atoms with E-state index < -0.39 is 0 Å². The minimum absolute atomic E-state index is 0.0662. The summed E-state index contributed by atoms with van der Waals surface area (Å²) in [7, 11) is 0. The Hall–Kier alpha value is -3.74. The van der Waals surface area contributed by atoms with Gasteiger partial charge < -0.3 is 9.80 Å². The van der Waals surface area contributed by atoms with Crippen LogP contribution in [0.1, 0.15) is 20.7 Å². The fraction of sp³-hybridized carbons (Fsp3) is 0.308. The number of amides is 2. The van der Waals surface area contributed by atoms with E-state index in [1.54, 1.807) is 0 Å². The third kappa shape index (κ3) is 2.81. The second-order valence-corrected chi connectivity index (χ2v) is 9.66.